The number of likely N-dealkylation sites (tertiary alicyclic amines) is 1. The van der Waals surface area contributed by atoms with Crippen LogP contribution >= 0.6 is 0 Å². The summed E-state index contributed by atoms with van der Waals surface area (Å²) in [6.45, 7) is 1.47. The summed E-state index contributed by atoms with van der Waals surface area (Å²) >= 11 is 0. The van der Waals surface area contributed by atoms with Crippen molar-refractivity contribution in [2.75, 3.05) is 13.1 Å². The molecule has 3 aromatic heterocycles. The van der Waals surface area contributed by atoms with E-state index in [9.17, 15) is 4.79 Å². The highest BCUT2D eigenvalue weighted by molar-refractivity contribution is 5.74. The van der Waals surface area contributed by atoms with E-state index in [-0.39, 0.29) is 11.9 Å². The van der Waals surface area contributed by atoms with Crippen molar-refractivity contribution in [1.29, 1.82) is 0 Å². The van der Waals surface area contributed by atoms with Gasteiger partial charge in [0.1, 0.15) is 0 Å². The summed E-state index contributed by atoms with van der Waals surface area (Å²) in [6.07, 6.45) is 9.97. The van der Waals surface area contributed by atoms with Crippen molar-refractivity contribution in [3.63, 3.8) is 0 Å². The van der Waals surface area contributed by atoms with Gasteiger partial charge in [0.2, 0.25) is 0 Å². The maximum Gasteiger partial charge on any atom is 0.317 e. The van der Waals surface area contributed by atoms with Gasteiger partial charge >= 0.3 is 6.03 Å². The predicted molar refractivity (Wildman–Crippen MR) is 108 cm³/mol. The molecule has 8 heteroatoms. The molecule has 150 valence electrons. The summed E-state index contributed by atoms with van der Waals surface area (Å²) < 4.78 is 1.85. The number of carbonyl (C=O) groups excluding carboxylic acids is 1. The van der Waals surface area contributed by atoms with E-state index < -0.39 is 0 Å². The average molecular weight is 391 g/mol. The van der Waals surface area contributed by atoms with E-state index in [1.54, 1.807) is 12.4 Å². The first kappa shape index (κ1) is 18.0. The van der Waals surface area contributed by atoms with E-state index in [4.69, 9.17) is 5.10 Å². The van der Waals surface area contributed by atoms with E-state index >= 15 is 0 Å². The fourth-order valence-corrected chi connectivity index (χ4v) is 4.41. The minimum atomic E-state index is 0.0819. The molecule has 1 aliphatic carbocycles. The zero-order valence-electron chi connectivity index (χ0n) is 16.4. The van der Waals surface area contributed by atoms with Crippen LogP contribution in [0.1, 0.15) is 50.3 Å². The van der Waals surface area contributed by atoms with Crippen molar-refractivity contribution in [3.8, 4) is 11.3 Å². The van der Waals surface area contributed by atoms with E-state index in [2.05, 4.69) is 20.5 Å². The molecule has 2 aliphatic rings. The Bertz CT molecular complexity index is 989. The SMILES string of the molecule is O=C(NC1CCCC1)N1CCC(c2nnc3ccc(-c4cccnc4)nn23)CC1. The first-order chi connectivity index (χ1) is 14.3. The second-order valence-corrected chi connectivity index (χ2v) is 7.98. The molecule has 29 heavy (non-hydrogen) atoms. The van der Waals surface area contributed by atoms with Gasteiger partial charge in [0.25, 0.3) is 0 Å². The summed E-state index contributed by atoms with van der Waals surface area (Å²) in [5, 5.41) is 16.7. The molecule has 5 rings (SSSR count). The fraction of sp³-hybridized carbons (Fsp3) is 0.476. The number of fused-ring (bicyclic) bond motifs is 1. The summed E-state index contributed by atoms with van der Waals surface area (Å²) in [4.78, 5) is 18.6. The lowest BCUT2D eigenvalue weighted by Crippen LogP contribution is -2.47. The molecule has 8 nitrogen and oxygen atoms in total. The molecule has 0 aromatic carbocycles. The van der Waals surface area contributed by atoms with Crippen molar-refractivity contribution in [2.45, 2.75) is 50.5 Å². The molecule has 3 aromatic rings. The third-order valence-electron chi connectivity index (χ3n) is 6.07. The average Bonchev–Trinajstić information content (AvgIpc) is 3.44. The smallest absolute Gasteiger partial charge is 0.317 e. The quantitative estimate of drug-likeness (QED) is 0.741. The van der Waals surface area contributed by atoms with Crippen LogP contribution in [0.25, 0.3) is 16.9 Å². The van der Waals surface area contributed by atoms with E-state index in [1.807, 2.05) is 33.7 Å². The van der Waals surface area contributed by atoms with Crippen LogP contribution in [0.2, 0.25) is 0 Å². The number of rotatable bonds is 3. The number of nitrogens with one attached hydrogen (secondary N) is 1. The number of nitrogens with zero attached hydrogens (tertiary/aromatic N) is 6. The highest BCUT2D eigenvalue weighted by Crippen LogP contribution is 2.28. The minimum absolute atomic E-state index is 0.0819. The van der Waals surface area contributed by atoms with Gasteiger partial charge in [0, 0.05) is 43.0 Å². The number of carbonyl (C=O) groups is 1. The van der Waals surface area contributed by atoms with E-state index in [0.29, 0.717) is 6.04 Å². The van der Waals surface area contributed by atoms with Gasteiger partial charge in [-0.1, -0.05) is 12.8 Å². The summed E-state index contributed by atoms with van der Waals surface area (Å²) in [6, 6.07) is 8.22. The Morgan fingerprint density at radius 3 is 2.62 bits per heavy atom. The molecule has 1 saturated heterocycles. The molecule has 1 saturated carbocycles. The molecule has 1 aliphatic heterocycles. The lowest BCUT2D eigenvalue weighted by Gasteiger charge is -2.32. The third-order valence-corrected chi connectivity index (χ3v) is 6.07. The molecule has 0 bridgehead atoms. The molecular weight excluding hydrogens is 366 g/mol. The molecule has 0 radical (unpaired) electrons. The summed E-state index contributed by atoms with van der Waals surface area (Å²) in [5.74, 6) is 1.12. The van der Waals surface area contributed by atoms with Gasteiger partial charge in [0.15, 0.2) is 11.5 Å². The van der Waals surface area contributed by atoms with Gasteiger partial charge in [-0.3, -0.25) is 4.98 Å². The number of hydrogen-bond acceptors (Lipinski definition) is 5. The first-order valence-electron chi connectivity index (χ1n) is 10.5. The van der Waals surface area contributed by atoms with Crippen molar-refractivity contribution in [2.24, 2.45) is 0 Å². The lowest BCUT2D eigenvalue weighted by molar-refractivity contribution is 0.176. The Hall–Kier alpha value is -3.03. The molecule has 2 amide bonds. The van der Waals surface area contributed by atoms with Crippen LogP contribution in [0.15, 0.2) is 36.7 Å². The van der Waals surface area contributed by atoms with Crippen molar-refractivity contribution in [1.82, 2.24) is 35.0 Å². The van der Waals surface area contributed by atoms with Crippen LogP contribution in [0.5, 0.6) is 0 Å². The second-order valence-electron chi connectivity index (χ2n) is 7.98. The Kier molecular flexibility index (Phi) is 4.83. The highest BCUT2D eigenvalue weighted by atomic mass is 16.2. The van der Waals surface area contributed by atoms with Gasteiger partial charge in [-0.2, -0.15) is 9.61 Å². The predicted octanol–water partition coefficient (Wildman–Crippen LogP) is 3.02. The Morgan fingerprint density at radius 1 is 1.03 bits per heavy atom. The number of hydrogen-bond donors (Lipinski definition) is 1. The van der Waals surface area contributed by atoms with Crippen LogP contribution in [0.4, 0.5) is 4.79 Å². The topological polar surface area (TPSA) is 88.3 Å². The lowest BCUT2D eigenvalue weighted by atomic mass is 9.96. The van der Waals surface area contributed by atoms with Gasteiger partial charge < -0.3 is 10.2 Å². The maximum absolute atomic E-state index is 12.5. The fourth-order valence-electron chi connectivity index (χ4n) is 4.41. The van der Waals surface area contributed by atoms with Crippen molar-refractivity contribution in [3.05, 3.63) is 42.5 Å². The van der Waals surface area contributed by atoms with Crippen LogP contribution in [0.3, 0.4) is 0 Å². The Labute approximate surface area is 169 Å². The van der Waals surface area contributed by atoms with Crippen molar-refractivity contribution < 1.29 is 4.79 Å². The summed E-state index contributed by atoms with van der Waals surface area (Å²) in [5.41, 5.74) is 2.56. The number of amides is 2. The Balaban J connectivity index is 1.29. The summed E-state index contributed by atoms with van der Waals surface area (Å²) in [7, 11) is 0. The monoisotopic (exact) mass is 391 g/mol. The third kappa shape index (κ3) is 3.66. The van der Waals surface area contributed by atoms with Gasteiger partial charge in [-0.25, -0.2) is 4.79 Å². The number of piperidine rings is 1. The Morgan fingerprint density at radius 2 is 1.86 bits per heavy atom. The van der Waals surface area contributed by atoms with E-state index in [0.717, 1.165) is 61.5 Å². The molecular formula is C21H25N7O. The number of aromatic nitrogens is 5. The normalized spacial score (nSPS) is 18.4. The van der Waals surface area contributed by atoms with Gasteiger partial charge in [-0.15, -0.1) is 10.2 Å². The van der Waals surface area contributed by atoms with Crippen LogP contribution < -0.4 is 5.32 Å². The largest absolute Gasteiger partial charge is 0.335 e. The highest BCUT2D eigenvalue weighted by Gasteiger charge is 2.28. The van der Waals surface area contributed by atoms with Crippen LogP contribution in [-0.2, 0) is 0 Å². The van der Waals surface area contributed by atoms with E-state index in [1.165, 1.54) is 12.8 Å². The standard InChI is InChI=1S/C21H25N7O/c29-21(23-17-5-1-2-6-17)27-12-9-15(10-13-27)20-25-24-19-8-7-18(26-28(19)20)16-4-3-11-22-14-16/h3-4,7-8,11,14-15,17H,1-2,5-6,9-10,12-13H2,(H,23,29). The maximum atomic E-state index is 12.5. The first-order valence-corrected chi connectivity index (χ1v) is 10.5. The number of pyridine rings is 1. The minimum Gasteiger partial charge on any atom is -0.335 e. The van der Waals surface area contributed by atoms with Crippen LogP contribution in [0, 0.1) is 0 Å². The zero-order valence-corrected chi connectivity index (χ0v) is 16.4. The van der Waals surface area contributed by atoms with Crippen LogP contribution in [-0.4, -0.2) is 54.9 Å². The second kappa shape index (κ2) is 7.77. The van der Waals surface area contributed by atoms with Gasteiger partial charge in [0.05, 0.1) is 5.69 Å². The van der Waals surface area contributed by atoms with Gasteiger partial charge in [-0.05, 0) is 49.9 Å². The van der Waals surface area contributed by atoms with Crippen molar-refractivity contribution >= 4 is 11.7 Å². The molecule has 0 atom stereocenters. The molecule has 0 unspecified atom stereocenters. The number of urea groups is 1. The molecule has 2 fully saturated rings. The molecule has 0 spiro atoms. The molecule has 4 heterocycles. The molecule has 1 N–H and O–H groups in total. The zero-order chi connectivity index (χ0) is 19.6.